The number of ether oxygens (including phenoxy) is 2. The molecular formula is C22H39NO2. The van der Waals surface area contributed by atoms with Crippen LogP contribution in [0.3, 0.4) is 0 Å². The van der Waals surface area contributed by atoms with Crippen molar-refractivity contribution in [2.45, 2.75) is 86.0 Å². The van der Waals surface area contributed by atoms with Gasteiger partial charge in [-0.1, -0.05) is 53.2 Å². The molecule has 25 heavy (non-hydrogen) atoms. The average molecular weight is 350 g/mol. The molecule has 144 valence electrons. The summed E-state index contributed by atoms with van der Waals surface area (Å²) in [5.41, 5.74) is 7.81. The van der Waals surface area contributed by atoms with Crippen molar-refractivity contribution in [3.8, 4) is 5.75 Å². The molecule has 0 fully saturated rings. The lowest BCUT2D eigenvalue weighted by molar-refractivity contribution is -0.103. The van der Waals surface area contributed by atoms with Crippen molar-refractivity contribution >= 4 is 0 Å². The second-order valence-corrected chi connectivity index (χ2v) is 8.85. The quantitative estimate of drug-likeness (QED) is 0.548. The zero-order valence-electron chi connectivity index (χ0n) is 17.6. The van der Waals surface area contributed by atoms with E-state index in [9.17, 15) is 0 Å². The predicted octanol–water partition coefficient (Wildman–Crippen LogP) is 5.73. The largest absolute Gasteiger partial charge is 0.465 e. The molecule has 0 saturated heterocycles. The highest BCUT2D eigenvalue weighted by Crippen LogP contribution is 2.39. The Hall–Kier alpha value is -1.06. The fourth-order valence-electron chi connectivity index (χ4n) is 2.95. The van der Waals surface area contributed by atoms with Gasteiger partial charge in [0.05, 0.1) is 0 Å². The van der Waals surface area contributed by atoms with Gasteiger partial charge < -0.3 is 15.2 Å². The fraction of sp³-hybridized carbons (Fsp3) is 0.727. The molecule has 0 amide bonds. The summed E-state index contributed by atoms with van der Waals surface area (Å²) in [4.78, 5) is 0. The van der Waals surface area contributed by atoms with Crippen LogP contribution in [0.15, 0.2) is 24.3 Å². The highest BCUT2D eigenvalue weighted by molar-refractivity contribution is 5.31. The number of hydrogen-bond donors (Lipinski definition) is 1. The molecule has 3 heteroatoms. The second kappa shape index (κ2) is 9.05. The topological polar surface area (TPSA) is 44.5 Å². The van der Waals surface area contributed by atoms with Crippen molar-refractivity contribution in [2.75, 3.05) is 6.61 Å². The van der Waals surface area contributed by atoms with Crippen LogP contribution in [0.1, 0.15) is 79.7 Å². The SMILES string of the molecule is CCOC(Oc1ccc(C(CC(C)(C)CC)C(C)(C)N)cc1)C(C)C. The van der Waals surface area contributed by atoms with E-state index in [0.29, 0.717) is 18.4 Å². The van der Waals surface area contributed by atoms with Gasteiger partial charge in [-0.05, 0) is 50.3 Å². The van der Waals surface area contributed by atoms with Crippen LogP contribution in [-0.2, 0) is 4.74 Å². The molecular weight excluding hydrogens is 310 g/mol. The molecule has 1 rings (SSSR count). The van der Waals surface area contributed by atoms with E-state index in [-0.39, 0.29) is 17.2 Å². The Balaban J connectivity index is 2.97. The van der Waals surface area contributed by atoms with Gasteiger partial charge in [0, 0.05) is 24.0 Å². The highest BCUT2D eigenvalue weighted by atomic mass is 16.7. The molecule has 0 aromatic heterocycles. The van der Waals surface area contributed by atoms with E-state index in [1.54, 1.807) is 0 Å². The predicted molar refractivity (Wildman–Crippen MR) is 107 cm³/mol. The summed E-state index contributed by atoms with van der Waals surface area (Å²) in [5, 5.41) is 0. The van der Waals surface area contributed by atoms with E-state index in [0.717, 1.165) is 18.6 Å². The van der Waals surface area contributed by atoms with Gasteiger partial charge in [-0.25, -0.2) is 0 Å². The lowest BCUT2D eigenvalue weighted by atomic mass is 9.71. The number of rotatable bonds is 10. The van der Waals surface area contributed by atoms with E-state index in [1.807, 2.05) is 19.1 Å². The summed E-state index contributed by atoms with van der Waals surface area (Å²) in [7, 11) is 0. The first-order valence-corrected chi connectivity index (χ1v) is 9.67. The van der Waals surface area contributed by atoms with Crippen molar-refractivity contribution in [2.24, 2.45) is 17.1 Å². The number of hydrogen-bond acceptors (Lipinski definition) is 3. The summed E-state index contributed by atoms with van der Waals surface area (Å²) in [6, 6.07) is 8.40. The maximum absolute atomic E-state index is 6.52. The van der Waals surface area contributed by atoms with Crippen molar-refractivity contribution < 1.29 is 9.47 Å². The zero-order valence-corrected chi connectivity index (χ0v) is 17.6. The van der Waals surface area contributed by atoms with E-state index < -0.39 is 0 Å². The van der Waals surface area contributed by atoms with Crippen LogP contribution in [0, 0.1) is 11.3 Å². The molecule has 0 spiro atoms. The van der Waals surface area contributed by atoms with Crippen molar-refractivity contribution in [3.05, 3.63) is 29.8 Å². The normalized spacial score (nSPS) is 15.3. The third-order valence-corrected chi connectivity index (χ3v) is 5.02. The van der Waals surface area contributed by atoms with Crippen LogP contribution in [0.4, 0.5) is 0 Å². The molecule has 0 saturated carbocycles. The van der Waals surface area contributed by atoms with Crippen molar-refractivity contribution in [1.82, 2.24) is 0 Å². The third-order valence-electron chi connectivity index (χ3n) is 5.02. The monoisotopic (exact) mass is 349 g/mol. The molecule has 3 nitrogen and oxygen atoms in total. The van der Waals surface area contributed by atoms with E-state index in [2.05, 4.69) is 60.6 Å². The summed E-state index contributed by atoms with van der Waals surface area (Å²) in [6.45, 7) is 18.0. The van der Waals surface area contributed by atoms with E-state index in [1.165, 1.54) is 5.56 Å². The first-order chi connectivity index (χ1) is 11.5. The van der Waals surface area contributed by atoms with Gasteiger partial charge >= 0.3 is 0 Å². The Morgan fingerprint density at radius 1 is 1.00 bits per heavy atom. The Bertz CT molecular complexity index is 500. The lowest BCUT2D eigenvalue weighted by Crippen LogP contribution is -2.41. The Kier molecular flexibility index (Phi) is 7.95. The van der Waals surface area contributed by atoms with Gasteiger partial charge in [-0.2, -0.15) is 0 Å². The minimum Gasteiger partial charge on any atom is -0.465 e. The number of nitrogens with two attached hydrogens (primary N) is 1. The molecule has 0 aliphatic rings. The summed E-state index contributed by atoms with van der Waals surface area (Å²) in [6.07, 6.45) is 2.00. The molecule has 1 aromatic carbocycles. The standard InChI is InChI=1S/C22H39NO2/c1-9-21(5,6)15-19(22(7,8)23)17-11-13-18(14-12-17)25-20(16(3)4)24-10-2/h11-14,16,19-20H,9-10,15,23H2,1-8H3. The van der Waals surface area contributed by atoms with Gasteiger partial charge in [-0.15, -0.1) is 0 Å². The first-order valence-electron chi connectivity index (χ1n) is 9.67. The highest BCUT2D eigenvalue weighted by Gasteiger charge is 2.32. The minimum absolute atomic E-state index is 0.211. The second-order valence-electron chi connectivity index (χ2n) is 8.85. The van der Waals surface area contributed by atoms with Crippen molar-refractivity contribution in [1.29, 1.82) is 0 Å². The van der Waals surface area contributed by atoms with Gasteiger partial charge in [0.15, 0.2) is 0 Å². The zero-order chi connectivity index (χ0) is 19.3. The Morgan fingerprint density at radius 3 is 1.96 bits per heavy atom. The molecule has 2 atom stereocenters. The van der Waals surface area contributed by atoms with Crippen LogP contribution in [-0.4, -0.2) is 18.4 Å². The van der Waals surface area contributed by atoms with Gasteiger partial charge in [0.2, 0.25) is 6.29 Å². The van der Waals surface area contributed by atoms with Crippen LogP contribution in [0.2, 0.25) is 0 Å². The van der Waals surface area contributed by atoms with Gasteiger partial charge in [-0.3, -0.25) is 0 Å². The molecule has 2 unspecified atom stereocenters. The molecule has 2 N–H and O–H groups in total. The molecule has 0 aliphatic heterocycles. The first kappa shape index (κ1) is 22.0. The van der Waals surface area contributed by atoms with Crippen molar-refractivity contribution in [3.63, 3.8) is 0 Å². The molecule has 0 aliphatic carbocycles. The molecule has 0 heterocycles. The smallest absolute Gasteiger partial charge is 0.202 e. The Morgan fingerprint density at radius 2 is 1.56 bits per heavy atom. The van der Waals surface area contributed by atoms with Crippen LogP contribution < -0.4 is 10.5 Å². The fourth-order valence-corrected chi connectivity index (χ4v) is 2.95. The van der Waals surface area contributed by atoms with E-state index >= 15 is 0 Å². The molecule has 0 radical (unpaired) electrons. The van der Waals surface area contributed by atoms with Gasteiger partial charge in [0.1, 0.15) is 5.75 Å². The third kappa shape index (κ3) is 6.99. The van der Waals surface area contributed by atoms with Crippen LogP contribution in [0.5, 0.6) is 5.75 Å². The van der Waals surface area contributed by atoms with Crippen LogP contribution >= 0.6 is 0 Å². The maximum Gasteiger partial charge on any atom is 0.202 e. The number of benzene rings is 1. The summed E-state index contributed by atoms with van der Waals surface area (Å²) < 4.78 is 11.7. The maximum atomic E-state index is 6.52. The summed E-state index contributed by atoms with van der Waals surface area (Å²) in [5.74, 6) is 1.46. The summed E-state index contributed by atoms with van der Waals surface area (Å²) >= 11 is 0. The average Bonchev–Trinajstić information content (AvgIpc) is 2.52. The Labute approximate surface area is 155 Å². The minimum atomic E-state index is -0.263. The van der Waals surface area contributed by atoms with Crippen LogP contribution in [0.25, 0.3) is 0 Å². The molecule has 1 aromatic rings. The van der Waals surface area contributed by atoms with E-state index in [4.69, 9.17) is 15.2 Å². The van der Waals surface area contributed by atoms with Gasteiger partial charge in [0.25, 0.3) is 0 Å². The lowest BCUT2D eigenvalue weighted by Gasteiger charge is -2.37. The molecule has 0 bridgehead atoms.